The van der Waals surface area contributed by atoms with Crippen LogP contribution in [-0.2, 0) is 0 Å². The fourth-order valence-corrected chi connectivity index (χ4v) is 4.90. The lowest BCUT2D eigenvalue weighted by atomic mass is 9.96. The van der Waals surface area contributed by atoms with E-state index in [1.165, 1.54) is 29.8 Å². The fraction of sp³-hybridized carbons (Fsp3) is 0.304. The van der Waals surface area contributed by atoms with E-state index < -0.39 is 0 Å². The molecule has 148 valence electrons. The average Bonchev–Trinajstić information content (AvgIpc) is 3.43. The molecular weight excluding hydrogens is 380 g/mol. The van der Waals surface area contributed by atoms with E-state index in [0.717, 1.165) is 11.4 Å². The lowest BCUT2D eigenvalue weighted by Gasteiger charge is -2.28. The number of thiocarbonyl (C=S) groups is 1. The molecular formula is C23H24N4OS. The summed E-state index contributed by atoms with van der Waals surface area (Å²) in [5, 5.41) is 13.9. The van der Waals surface area contributed by atoms with Gasteiger partial charge in [-0.3, -0.25) is 4.98 Å². The van der Waals surface area contributed by atoms with E-state index in [9.17, 15) is 5.11 Å². The summed E-state index contributed by atoms with van der Waals surface area (Å²) in [4.78, 5) is 6.78. The molecule has 1 aliphatic carbocycles. The first kappa shape index (κ1) is 18.2. The number of aromatic nitrogens is 2. The van der Waals surface area contributed by atoms with Gasteiger partial charge in [0.15, 0.2) is 5.11 Å². The number of benzene rings is 1. The molecule has 3 heterocycles. The van der Waals surface area contributed by atoms with Crippen LogP contribution in [0.4, 0.5) is 5.69 Å². The first-order chi connectivity index (χ1) is 14.0. The molecule has 0 spiro atoms. The van der Waals surface area contributed by atoms with Crippen molar-refractivity contribution >= 4 is 23.0 Å². The SMILES string of the molecule is Cc1cc([C@@H]2[C@H](c3ccccn3)NC(=S)N2c2ccc(O)cc2)c(C)n1C1CC1. The molecule has 1 saturated heterocycles. The second-order valence-corrected chi connectivity index (χ2v) is 8.33. The highest BCUT2D eigenvalue weighted by atomic mass is 32.1. The molecule has 2 aromatic heterocycles. The maximum absolute atomic E-state index is 9.75. The van der Waals surface area contributed by atoms with Crippen LogP contribution in [0.25, 0.3) is 0 Å². The van der Waals surface area contributed by atoms with Gasteiger partial charge in [-0.05, 0) is 86.9 Å². The normalized spacial score (nSPS) is 21.4. The summed E-state index contributed by atoms with van der Waals surface area (Å²) < 4.78 is 2.47. The molecule has 5 nitrogen and oxygen atoms in total. The summed E-state index contributed by atoms with van der Waals surface area (Å²) in [5.41, 5.74) is 5.79. The number of hydrogen-bond donors (Lipinski definition) is 2. The Balaban J connectivity index is 1.66. The largest absolute Gasteiger partial charge is 0.508 e. The van der Waals surface area contributed by atoms with Crippen LogP contribution in [0.2, 0.25) is 0 Å². The van der Waals surface area contributed by atoms with Gasteiger partial charge in [0.1, 0.15) is 5.75 Å². The highest BCUT2D eigenvalue weighted by Crippen LogP contribution is 2.46. The molecule has 5 rings (SSSR count). The Hall–Kier alpha value is -2.86. The number of phenolic OH excluding ortho intramolecular Hbond substituents is 1. The number of rotatable bonds is 4. The van der Waals surface area contributed by atoms with Gasteiger partial charge in [0, 0.05) is 29.3 Å². The first-order valence-corrected chi connectivity index (χ1v) is 10.4. The zero-order valence-electron chi connectivity index (χ0n) is 16.5. The van der Waals surface area contributed by atoms with Crippen molar-refractivity contribution in [2.75, 3.05) is 4.90 Å². The molecule has 0 radical (unpaired) electrons. The van der Waals surface area contributed by atoms with Crippen molar-refractivity contribution in [3.63, 3.8) is 0 Å². The monoisotopic (exact) mass is 404 g/mol. The molecule has 29 heavy (non-hydrogen) atoms. The number of hydrogen-bond acceptors (Lipinski definition) is 3. The van der Waals surface area contributed by atoms with Crippen molar-refractivity contribution < 1.29 is 5.11 Å². The molecule has 6 heteroatoms. The minimum Gasteiger partial charge on any atom is -0.508 e. The molecule has 2 N–H and O–H groups in total. The Morgan fingerprint density at radius 1 is 1.10 bits per heavy atom. The Kier molecular flexibility index (Phi) is 4.32. The van der Waals surface area contributed by atoms with Crippen molar-refractivity contribution in [2.24, 2.45) is 0 Å². The number of pyridine rings is 1. The van der Waals surface area contributed by atoms with E-state index in [-0.39, 0.29) is 17.8 Å². The molecule has 2 atom stereocenters. The zero-order chi connectivity index (χ0) is 20.1. The molecule has 2 aliphatic rings. The minimum absolute atomic E-state index is 0.0133. The third-order valence-electron chi connectivity index (χ3n) is 5.98. The third kappa shape index (κ3) is 3.08. The van der Waals surface area contributed by atoms with Crippen molar-refractivity contribution in [1.29, 1.82) is 0 Å². The van der Waals surface area contributed by atoms with Gasteiger partial charge in [0.2, 0.25) is 0 Å². The standard InChI is InChI=1S/C23H24N4OS/c1-14-13-19(15(2)26(14)16-6-7-16)22-21(20-5-3-4-12-24-20)25-23(29)27(22)17-8-10-18(28)11-9-17/h3-5,8-13,16,21-22,28H,6-7H2,1-2H3,(H,25,29)/t21-,22+/m0/s1. The molecule has 3 aromatic rings. The molecule has 0 amide bonds. The number of phenols is 1. The van der Waals surface area contributed by atoms with E-state index in [4.69, 9.17) is 12.2 Å². The van der Waals surface area contributed by atoms with E-state index in [2.05, 4.69) is 39.7 Å². The number of aryl methyl sites for hydroxylation is 1. The highest BCUT2D eigenvalue weighted by molar-refractivity contribution is 7.80. The van der Waals surface area contributed by atoms with Crippen molar-refractivity contribution in [3.05, 3.63) is 77.4 Å². The Labute approximate surface area is 176 Å². The van der Waals surface area contributed by atoms with Gasteiger partial charge in [-0.25, -0.2) is 0 Å². The Bertz CT molecular complexity index is 1060. The highest BCUT2D eigenvalue weighted by Gasteiger charge is 2.42. The number of anilines is 1. The van der Waals surface area contributed by atoms with Gasteiger partial charge < -0.3 is 19.9 Å². The molecule has 1 aliphatic heterocycles. The number of nitrogens with zero attached hydrogens (tertiary/aromatic N) is 3. The van der Waals surface area contributed by atoms with Gasteiger partial charge in [-0.2, -0.15) is 0 Å². The summed E-state index contributed by atoms with van der Waals surface area (Å²) in [7, 11) is 0. The molecule has 2 fully saturated rings. The average molecular weight is 405 g/mol. The predicted molar refractivity (Wildman–Crippen MR) is 118 cm³/mol. The van der Waals surface area contributed by atoms with Crippen LogP contribution < -0.4 is 10.2 Å². The molecule has 1 saturated carbocycles. The lowest BCUT2D eigenvalue weighted by Crippen LogP contribution is -2.29. The fourth-order valence-electron chi connectivity index (χ4n) is 4.56. The van der Waals surface area contributed by atoms with Gasteiger partial charge in [-0.1, -0.05) is 6.07 Å². The van der Waals surface area contributed by atoms with Crippen LogP contribution in [-0.4, -0.2) is 19.8 Å². The second-order valence-electron chi connectivity index (χ2n) is 7.94. The molecule has 0 unspecified atom stereocenters. The summed E-state index contributed by atoms with van der Waals surface area (Å²) in [5.74, 6) is 0.247. The van der Waals surface area contributed by atoms with Crippen molar-refractivity contribution in [1.82, 2.24) is 14.9 Å². The first-order valence-electron chi connectivity index (χ1n) is 10.0. The Morgan fingerprint density at radius 3 is 2.52 bits per heavy atom. The number of aromatic hydroxyl groups is 1. The summed E-state index contributed by atoms with van der Waals surface area (Å²) in [6, 6.07) is 16.1. The van der Waals surface area contributed by atoms with Gasteiger partial charge >= 0.3 is 0 Å². The quantitative estimate of drug-likeness (QED) is 0.617. The van der Waals surface area contributed by atoms with E-state index in [0.29, 0.717) is 11.2 Å². The third-order valence-corrected chi connectivity index (χ3v) is 6.29. The maximum Gasteiger partial charge on any atom is 0.174 e. The Morgan fingerprint density at radius 2 is 1.86 bits per heavy atom. The van der Waals surface area contributed by atoms with E-state index in [1.54, 1.807) is 12.1 Å². The predicted octanol–water partition coefficient (Wildman–Crippen LogP) is 4.72. The summed E-state index contributed by atoms with van der Waals surface area (Å²) in [6.07, 6.45) is 4.33. The van der Waals surface area contributed by atoms with Gasteiger partial charge in [-0.15, -0.1) is 0 Å². The van der Waals surface area contributed by atoms with Gasteiger partial charge in [0.25, 0.3) is 0 Å². The second kappa shape index (κ2) is 6.88. The summed E-state index contributed by atoms with van der Waals surface area (Å²) >= 11 is 5.77. The van der Waals surface area contributed by atoms with Gasteiger partial charge in [0.05, 0.1) is 17.8 Å². The van der Waals surface area contributed by atoms with Crippen LogP contribution in [0.1, 0.15) is 53.6 Å². The van der Waals surface area contributed by atoms with Crippen LogP contribution in [0.15, 0.2) is 54.7 Å². The zero-order valence-corrected chi connectivity index (χ0v) is 17.4. The van der Waals surface area contributed by atoms with E-state index in [1.807, 2.05) is 36.5 Å². The van der Waals surface area contributed by atoms with Crippen molar-refractivity contribution in [3.8, 4) is 5.75 Å². The summed E-state index contributed by atoms with van der Waals surface area (Å²) in [6.45, 7) is 4.41. The molecule has 0 bridgehead atoms. The topological polar surface area (TPSA) is 53.3 Å². The van der Waals surface area contributed by atoms with Crippen molar-refractivity contribution in [2.45, 2.75) is 44.8 Å². The lowest BCUT2D eigenvalue weighted by molar-refractivity contribution is 0.475. The van der Waals surface area contributed by atoms with Crippen LogP contribution in [0, 0.1) is 13.8 Å². The maximum atomic E-state index is 9.75. The van der Waals surface area contributed by atoms with Crippen LogP contribution in [0.5, 0.6) is 5.75 Å². The van der Waals surface area contributed by atoms with E-state index >= 15 is 0 Å². The minimum atomic E-state index is -0.0503. The van der Waals surface area contributed by atoms with Crippen LogP contribution >= 0.6 is 12.2 Å². The van der Waals surface area contributed by atoms with Crippen LogP contribution in [0.3, 0.4) is 0 Å². The molecule has 1 aromatic carbocycles. The smallest absolute Gasteiger partial charge is 0.174 e. The number of nitrogens with one attached hydrogen (secondary N) is 1.